The van der Waals surface area contributed by atoms with Crippen molar-refractivity contribution in [3.05, 3.63) is 117 Å². The van der Waals surface area contributed by atoms with Gasteiger partial charge in [0, 0.05) is 51.0 Å². The number of thiophene rings is 1. The van der Waals surface area contributed by atoms with Crippen LogP contribution in [0.15, 0.2) is 84.0 Å². The van der Waals surface area contributed by atoms with E-state index in [1.54, 1.807) is 23.5 Å². The summed E-state index contributed by atoms with van der Waals surface area (Å²) in [6.45, 7) is 7.59. The van der Waals surface area contributed by atoms with Crippen LogP contribution in [0.3, 0.4) is 0 Å². The topological polar surface area (TPSA) is 70.2 Å². The van der Waals surface area contributed by atoms with Crippen LogP contribution in [0.5, 0.6) is 0 Å². The Morgan fingerprint density at radius 1 is 1.12 bits per heavy atom. The van der Waals surface area contributed by atoms with Gasteiger partial charge in [0.25, 0.3) is 5.91 Å². The Labute approximate surface area is 261 Å². The van der Waals surface area contributed by atoms with E-state index in [1.165, 1.54) is 4.88 Å². The molecule has 0 saturated carbocycles. The summed E-state index contributed by atoms with van der Waals surface area (Å²) in [5, 5.41) is 14.7. The quantitative estimate of drug-likeness (QED) is 0.196. The number of amides is 1. The third kappa shape index (κ3) is 6.15. The zero-order valence-corrected chi connectivity index (χ0v) is 26.1. The molecule has 6 rings (SSSR count). The summed E-state index contributed by atoms with van der Waals surface area (Å²) in [6, 6.07) is 25.4. The first-order valence-corrected chi connectivity index (χ1v) is 15.7. The van der Waals surface area contributed by atoms with Gasteiger partial charge in [-0.3, -0.25) is 4.79 Å². The van der Waals surface area contributed by atoms with Crippen LogP contribution in [0.1, 0.15) is 64.7 Å². The van der Waals surface area contributed by atoms with Gasteiger partial charge in [-0.25, -0.2) is 4.99 Å². The van der Waals surface area contributed by atoms with Gasteiger partial charge in [0.2, 0.25) is 0 Å². The first-order chi connectivity index (χ1) is 20.7. The Balaban J connectivity index is 1.36. The normalized spacial score (nSPS) is 15.0. The van der Waals surface area contributed by atoms with Gasteiger partial charge in [-0.15, -0.1) is 11.3 Å². The molecule has 1 aliphatic carbocycles. The number of nitriles is 1. The van der Waals surface area contributed by atoms with Crippen molar-refractivity contribution in [3.63, 3.8) is 0 Å². The van der Waals surface area contributed by atoms with Crippen LogP contribution in [-0.2, 0) is 19.4 Å². The molecule has 0 spiro atoms. The SMILES string of the molecule is CC(C)(C)[C@@H]1CCc2c(sc(N=Cc3cn(Cc4ccc(C#N)cc4)c4ccccc34)c2C(=O)Nc2ccc(Cl)cc2)C1. The average molecular weight is 605 g/mol. The largest absolute Gasteiger partial charge is 0.342 e. The van der Waals surface area contributed by atoms with E-state index in [4.69, 9.17) is 21.9 Å². The van der Waals surface area contributed by atoms with Crippen molar-refractivity contribution < 1.29 is 4.79 Å². The minimum absolute atomic E-state index is 0.135. The molecule has 5 nitrogen and oxygen atoms in total. The number of carbonyl (C=O) groups is 1. The summed E-state index contributed by atoms with van der Waals surface area (Å²) in [5.74, 6) is 0.423. The third-order valence-corrected chi connectivity index (χ3v) is 9.79. The van der Waals surface area contributed by atoms with E-state index in [9.17, 15) is 4.79 Å². The lowest BCUT2D eigenvalue weighted by Gasteiger charge is -2.33. The molecule has 0 fully saturated rings. The maximum absolute atomic E-state index is 13.8. The minimum Gasteiger partial charge on any atom is -0.342 e. The monoisotopic (exact) mass is 604 g/mol. The molecular weight excluding hydrogens is 572 g/mol. The number of anilines is 1. The highest BCUT2D eigenvalue weighted by Crippen LogP contribution is 2.45. The number of halogens is 1. The summed E-state index contributed by atoms with van der Waals surface area (Å²) >= 11 is 7.72. The predicted octanol–water partition coefficient (Wildman–Crippen LogP) is 9.43. The fourth-order valence-electron chi connectivity index (χ4n) is 5.88. The third-order valence-electron chi connectivity index (χ3n) is 8.38. The molecule has 1 aliphatic rings. The molecule has 2 aromatic heterocycles. The molecule has 5 aromatic rings. The Kier molecular flexibility index (Phi) is 7.96. The Morgan fingerprint density at radius 3 is 2.58 bits per heavy atom. The summed E-state index contributed by atoms with van der Waals surface area (Å²) in [5.41, 5.74) is 6.58. The second-order valence-corrected chi connectivity index (χ2v) is 13.8. The number of nitrogens with zero attached hydrogens (tertiary/aromatic N) is 3. The smallest absolute Gasteiger partial charge is 0.259 e. The molecule has 1 amide bonds. The van der Waals surface area contributed by atoms with E-state index in [-0.39, 0.29) is 11.3 Å². The van der Waals surface area contributed by atoms with Gasteiger partial charge in [-0.2, -0.15) is 5.26 Å². The second kappa shape index (κ2) is 11.8. The van der Waals surface area contributed by atoms with Crippen LogP contribution in [0.25, 0.3) is 10.9 Å². The molecular formula is C36H33ClN4OS. The lowest BCUT2D eigenvalue weighted by molar-refractivity contribution is 0.102. The lowest BCUT2D eigenvalue weighted by atomic mass is 9.72. The van der Waals surface area contributed by atoms with Gasteiger partial charge in [0.1, 0.15) is 5.00 Å². The maximum atomic E-state index is 13.8. The van der Waals surface area contributed by atoms with Crippen LogP contribution in [0, 0.1) is 22.7 Å². The van der Waals surface area contributed by atoms with Gasteiger partial charge in [0.05, 0.1) is 17.2 Å². The number of fused-ring (bicyclic) bond motifs is 2. The molecule has 43 heavy (non-hydrogen) atoms. The zero-order chi connectivity index (χ0) is 30.1. The number of aliphatic imine (C=N–C) groups is 1. The minimum atomic E-state index is -0.135. The number of carbonyl (C=O) groups excluding carboxylic acids is 1. The first-order valence-electron chi connectivity index (χ1n) is 14.5. The average Bonchev–Trinajstić information content (AvgIpc) is 3.54. The summed E-state index contributed by atoms with van der Waals surface area (Å²) in [6.07, 6.45) is 6.90. The first kappa shape index (κ1) is 28.9. The highest BCUT2D eigenvalue weighted by atomic mass is 35.5. The molecule has 1 atom stereocenters. The number of para-hydroxylation sites is 1. The molecule has 0 saturated heterocycles. The number of rotatable bonds is 6. The van der Waals surface area contributed by atoms with E-state index in [1.807, 2.05) is 54.7 Å². The fraction of sp³-hybridized carbons (Fsp3) is 0.250. The van der Waals surface area contributed by atoms with E-state index >= 15 is 0 Å². The second-order valence-electron chi connectivity index (χ2n) is 12.2. The van der Waals surface area contributed by atoms with Gasteiger partial charge in [-0.05, 0) is 84.2 Å². The van der Waals surface area contributed by atoms with Crippen LogP contribution >= 0.6 is 22.9 Å². The summed E-state index contributed by atoms with van der Waals surface area (Å²) in [7, 11) is 0. The number of hydrogen-bond acceptors (Lipinski definition) is 4. The van der Waals surface area contributed by atoms with Crippen molar-refractivity contribution in [1.82, 2.24) is 4.57 Å². The molecule has 0 aliphatic heterocycles. The van der Waals surface area contributed by atoms with Crippen molar-refractivity contribution in [2.24, 2.45) is 16.3 Å². The van der Waals surface area contributed by atoms with Gasteiger partial charge >= 0.3 is 0 Å². The van der Waals surface area contributed by atoms with Crippen molar-refractivity contribution in [3.8, 4) is 6.07 Å². The van der Waals surface area contributed by atoms with Crippen LogP contribution in [0.2, 0.25) is 5.02 Å². The molecule has 0 radical (unpaired) electrons. The van der Waals surface area contributed by atoms with Gasteiger partial charge in [0.15, 0.2) is 0 Å². The highest BCUT2D eigenvalue weighted by Gasteiger charge is 2.33. The van der Waals surface area contributed by atoms with Crippen molar-refractivity contribution in [2.75, 3.05) is 5.32 Å². The fourth-order valence-corrected chi connectivity index (χ4v) is 7.28. The van der Waals surface area contributed by atoms with Gasteiger partial charge < -0.3 is 9.88 Å². The van der Waals surface area contributed by atoms with Crippen LogP contribution in [0.4, 0.5) is 10.7 Å². The van der Waals surface area contributed by atoms with Crippen molar-refractivity contribution in [1.29, 1.82) is 5.26 Å². The standard InChI is InChI=1S/C36H33ClN4OS/c1-36(2,3)26-12-17-30-32(18-26)43-35(33(30)34(42)40-28-15-13-27(37)14-16-28)39-20-25-22-41(31-7-5-4-6-29(25)31)21-24-10-8-23(19-38)9-11-24/h4-11,13-16,20,22,26H,12,17-18,21H2,1-3H3,(H,40,42)/t26-/m1/s1. The van der Waals surface area contributed by atoms with Crippen LogP contribution in [-0.4, -0.2) is 16.7 Å². The molecule has 0 unspecified atom stereocenters. The molecule has 2 heterocycles. The molecule has 1 N–H and O–H groups in total. The zero-order valence-electron chi connectivity index (χ0n) is 24.5. The van der Waals surface area contributed by atoms with Crippen LogP contribution < -0.4 is 5.32 Å². The molecule has 7 heteroatoms. The van der Waals surface area contributed by atoms with E-state index in [0.29, 0.717) is 34.3 Å². The highest BCUT2D eigenvalue weighted by molar-refractivity contribution is 7.16. The Hall–Kier alpha value is -4.18. The number of benzene rings is 3. The molecule has 3 aromatic carbocycles. The van der Waals surface area contributed by atoms with E-state index < -0.39 is 0 Å². The van der Waals surface area contributed by atoms with Crippen molar-refractivity contribution in [2.45, 2.75) is 46.6 Å². The summed E-state index contributed by atoms with van der Waals surface area (Å²) < 4.78 is 2.21. The lowest BCUT2D eigenvalue weighted by Crippen LogP contribution is -2.27. The van der Waals surface area contributed by atoms with E-state index in [0.717, 1.165) is 51.9 Å². The predicted molar refractivity (Wildman–Crippen MR) is 178 cm³/mol. The Bertz CT molecular complexity index is 1870. The van der Waals surface area contributed by atoms with Crippen molar-refractivity contribution >= 4 is 56.7 Å². The number of aromatic nitrogens is 1. The maximum Gasteiger partial charge on any atom is 0.259 e. The number of hydrogen-bond donors (Lipinski definition) is 1. The Morgan fingerprint density at radius 2 is 1.86 bits per heavy atom. The molecule has 0 bridgehead atoms. The van der Waals surface area contributed by atoms with Gasteiger partial charge in [-0.1, -0.05) is 62.7 Å². The molecule has 216 valence electrons. The number of nitrogens with one attached hydrogen (secondary N) is 1. The summed E-state index contributed by atoms with van der Waals surface area (Å²) in [4.78, 5) is 20.0. The van der Waals surface area contributed by atoms with E-state index in [2.05, 4.69) is 55.1 Å².